The van der Waals surface area contributed by atoms with Crippen molar-refractivity contribution in [1.29, 1.82) is 0 Å². The third-order valence-electron chi connectivity index (χ3n) is 4.65. The third-order valence-corrected chi connectivity index (χ3v) is 5.52. The fourth-order valence-corrected chi connectivity index (χ4v) is 3.66. The van der Waals surface area contributed by atoms with Gasteiger partial charge in [-0.25, -0.2) is 4.79 Å². The first kappa shape index (κ1) is 19.8. The Labute approximate surface area is 163 Å². The number of carbonyl (C=O) groups is 2. The molecule has 0 bridgehead atoms. The maximum absolute atomic E-state index is 12.3. The first-order chi connectivity index (χ1) is 13.2. The predicted molar refractivity (Wildman–Crippen MR) is 103 cm³/mol. The number of hydrogen-bond acceptors (Lipinski definition) is 4. The first-order valence-electron chi connectivity index (χ1n) is 8.73. The second-order valence-corrected chi connectivity index (χ2v) is 8.05. The van der Waals surface area contributed by atoms with Crippen molar-refractivity contribution >= 4 is 27.7 Å². The van der Waals surface area contributed by atoms with E-state index in [1.165, 1.54) is 24.3 Å². The first-order valence-corrected chi connectivity index (χ1v) is 10.2. The van der Waals surface area contributed by atoms with E-state index < -0.39 is 16.1 Å². The summed E-state index contributed by atoms with van der Waals surface area (Å²) < 4.78 is 31.0. The van der Waals surface area contributed by atoms with Crippen LogP contribution in [-0.4, -0.2) is 42.4 Å². The summed E-state index contributed by atoms with van der Waals surface area (Å²) in [6.07, 6.45) is 0.215. The van der Waals surface area contributed by atoms with Crippen molar-refractivity contribution in [2.75, 3.05) is 11.9 Å². The molecule has 148 valence electrons. The Morgan fingerprint density at radius 1 is 1.14 bits per heavy atom. The zero-order chi connectivity index (χ0) is 20.3. The zero-order valence-electron chi connectivity index (χ0n) is 15.2. The molecule has 3 amide bonds. The second-order valence-electron chi connectivity index (χ2n) is 6.63. The van der Waals surface area contributed by atoms with Crippen LogP contribution in [0.3, 0.4) is 0 Å². The fraction of sp³-hybridized carbons (Fsp3) is 0.263. The van der Waals surface area contributed by atoms with Crippen molar-refractivity contribution in [2.24, 2.45) is 0 Å². The molecule has 0 radical (unpaired) electrons. The third kappa shape index (κ3) is 4.68. The highest BCUT2D eigenvalue weighted by atomic mass is 32.2. The van der Waals surface area contributed by atoms with Gasteiger partial charge < -0.3 is 15.5 Å². The smallest absolute Gasteiger partial charge is 0.319 e. The van der Waals surface area contributed by atoms with E-state index in [2.05, 4.69) is 10.6 Å². The molecule has 9 heteroatoms. The van der Waals surface area contributed by atoms with Crippen LogP contribution in [0, 0.1) is 0 Å². The lowest BCUT2D eigenvalue weighted by Crippen LogP contribution is -2.40. The number of anilines is 1. The normalized spacial score (nSPS) is 18.0. The van der Waals surface area contributed by atoms with Crippen LogP contribution in [0.4, 0.5) is 10.5 Å². The average Bonchev–Trinajstić information content (AvgIpc) is 3.01. The minimum absolute atomic E-state index is 0.0286. The largest absolute Gasteiger partial charge is 0.334 e. The van der Waals surface area contributed by atoms with Crippen LogP contribution in [-0.2, 0) is 14.9 Å². The van der Waals surface area contributed by atoms with Crippen molar-refractivity contribution in [3.63, 3.8) is 0 Å². The van der Waals surface area contributed by atoms with Crippen LogP contribution in [0.15, 0.2) is 59.5 Å². The minimum atomic E-state index is -4.28. The van der Waals surface area contributed by atoms with Gasteiger partial charge in [0.25, 0.3) is 10.1 Å². The van der Waals surface area contributed by atoms with Crippen LogP contribution in [0.5, 0.6) is 0 Å². The predicted octanol–water partition coefficient (Wildman–Crippen LogP) is 2.42. The van der Waals surface area contributed by atoms with Gasteiger partial charge in [0.1, 0.15) is 0 Å². The molecule has 3 N–H and O–H groups in total. The van der Waals surface area contributed by atoms with Gasteiger partial charge in [0.2, 0.25) is 5.91 Å². The lowest BCUT2D eigenvalue weighted by Gasteiger charge is -2.25. The van der Waals surface area contributed by atoms with Gasteiger partial charge in [0.15, 0.2) is 0 Å². The summed E-state index contributed by atoms with van der Waals surface area (Å²) >= 11 is 0. The Morgan fingerprint density at radius 3 is 2.39 bits per heavy atom. The molecule has 0 spiro atoms. The number of rotatable bonds is 5. The van der Waals surface area contributed by atoms with Crippen molar-refractivity contribution in [3.05, 3.63) is 60.2 Å². The summed E-state index contributed by atoms with van der Waals surface area (Å²) in [7, 11) is -4.28. The van der Waals surface area contributed by atoms with Crippen LogP contribution >= 0.6 is 0 Å². The lowest BCUT2D eigenvalue weighted by molar-refractivity contribution is -0.129. The molecule has 0 saturated carbocycles. The number of amides is 3. The summed E-state index contributed by atoms with van der Waals surface area (Å²) in [6, 6.07) is 13.9. The molecule has 28 heavy (non-hydrogen) atoms. The van der Waals surface area contributed by atoms with Gasteiger partial charge in [0, 0.05) is 18.7 Å². The number of urea groups is 1. The van der Waals surface area contributed by atoms with E-state index in [0.717, 1.165) is 5.56 Å². The van der Waals surface area contributed by atoms with Crippen molar-refractivity contribution in [3.8, 4) is 0 Å². The molecule has 1 heterocycles. The highest BCUT2D eigenvalue weighted by Crippen LogP contribution is 2.25. The second kappa shape index (κ2) is 7.99. The summed E-state index contributed by atoms with van der Waals surface area (Å²) in [5.74, 6) is -0.0286. The van der Waals surface area contributed by atoms with Crippen molar-refractivity contribution in [2.45, 2.75) is 30.3 Å². The number of benzene rings is 2. The molecule has 0 aromatic heterocycles. The fourth-order valence-electron chi connectivity index (χ4n) is 3.18. The Bertz CT molecular complexity index is 961. The van der Waals surface area contributed by atoms with Crippen LogP contribution < -0.4 is 10.6 Å². The number of likely N-dealkylation sites (tertiary alicyclic amines) is 1. The van der Waals surface area contributed by atoms with Crippen molar-refractivity contribution < 1.29 is 22.6 Å². The van der Waals surface area contributed by atoms with E-state index in [9.17, 15) is 18.0 Å². The zero-order valence-corrected chi connectivity index (χ0v) is 16.0. The van der Waals surface area contributed by atoms with Gasteiger partial charge in [-0.15, -0.1) is 0 Å². The maximum Gasteiger partial charge on any atom is 0.319 e. The number of hydrogen-bond donors (Lipinski definition) is 3. The topological polar surface area (TPSA) is 116 Å². The molecule has 0 aliphatic carbocycles. The highest BCUT2D eigenvalue weighted by Gasteiger charge is 2.33. The molecule has 3 rings (SSSR count). The monoisotopic (exact) mass is 403 g/mol. The number of carbonyl (C=O) groups excluding carboxylic acids is 2. The van der Waals surface area contributed by atoms with Gasteiger partial charge in [-0.2, -0.15) is 8.42 Å². The van der Waals surface area contributed by atoms with Crippen LogP contribution in [0.1, 0.15) is 24.9 Å². The van der Waals surface area contributed by atoms with Crippen LogP contribution in [0.25, 0.3) is 0 Å². The molecule has 1 aliphatic heterocycles. The average molecular weight is 403 g/mol. The van der Waals surface area contributed by atoms with E-state index in [4.69, 9.17) is 4.55 Å². The van der Waals surface area contributed by atoms with E-state index in [-0.39, 0.29) is 29.3 Å². The number of nitrogens with one attached hydrogen (secondary N) is 2. The van der Waals surface area contributed by atoms with E-state index in [0.29, 0.717) is 12.2 Å². The molecule has 1 aliphatic rings. The minimum Gasteiger partial charge on any atom is -0.334 e. The standard InChI is InChI=1S/C19H21N3O5S/c1-13(14-5-3-2-4-6-14)22-12-16(11-18(22)23)21-19(24)20-15-7-9-17(10-8-15)28(25,26)27/h2-10,13,16H,11-12H2,1H3,(H2,20,21,24)(H,25,26,27). The van der Waals surface area contributed by atoms with E-state index in [1.807, 2.05) is 37.3 Å². The Balaban J connectivity index is 1.57. The van der Waals surface area contributed by atoms with Gasteiger partial charge in [-0.05, 0) is 36.8 Å². The molecule has 2 atom stereocenters. The van der Waals surface area contributed by atoms with E-state index in [1.54, 1.807) is 4.90 Å². The summed E-state index contributed by atoms with van der Waals surface area (Å²) in [5.41, 5.74) is 1.39. The Kier molecular flexibility index (Phi) is 5.66. The van der Waals surface area contributed by atoms with Gasteiger partial charge in [-0.3, -0.25) is 9.35 Å². The highest BCUT2D eigenvalue weighted by molar-refractivity contribution is 7.85. The molecule has 8 nitrogen and oxygen atoms in total. The van der Waals surface area contributed by atoms with Gasteiger partial charge >= 0.3 is 6.03 Å². The lowest BCUT2D eigenvalue weighted by atomic mass is 10.1. The Hall–Kier alpha value is -2.91. The molecule has 2 aromatic carbocycles. The molecule has 2 unspecified atom stereocenters. The molecular weight excluding hydrogens is 382 g/mol. The molecular formula is C19H21N3O5S. The van der Waals surface area contributed by atoms with Crippen molar-refractivity contribution in [1.82, 2.24) is 10.2 Å². The molecule has 1 fully saturated rings. The summed E-state index contributed by atoms with van der Waals surface area (Å²) in [4.78, 5) is 26.0. The maximum atomic E-state index is 12.3. The quantitative estimate of drug-likeness (QED) is 0.663. The number of nitrogens with zero attached hydrogens (tertiary/aromatic N) is 1. The molecule has 2 aromatic rings. The van der Waals surface area contributed by atoms with Gasteiger partial charge in [0.05, 0.1) is 17.0 Å². The SMILES string of the molecule is CC(c1ccccc1)N1CC(NC(=O)Nc2ccc(S(=O)(=O)O)cc2)CC1=O. The van der Waals surface area contributed by atoms with Crippen LogP contribution in [0.2, 0.25) is 0 Å². The Morgan fingerprint density at radius 2 is 1.79 bits per heavy atom. The van der Waals surface area contributed by atoms with Gasteiger partial charge in [-0.1, -0.05) is 30.3 Å². The summed E-state index contributed by atoms with van der Waals surface area (Å²) in [6.45, 7) is 2.36. The van der Waals surface area contributed by atoms with E-state index >= 15 is 0 Å². The molecule has 1 saturated heterocycles. The summed E-state index contributed by atoms with van der Waals surface area (Å²) in [5, 5.41) is 5.34.